The number of hydrogen-bond donors (Lipinski definition) is 0. The Kier molecular flexibility index (Phi) is 1560. The van der Waals surface area contributed by atoms with Gasteiger partial charge in [0.1, 0.15) is 0 Å². The summed E-state index contributed by atoms with van der Waals surface area (Å²) in [6.07, 6.45) is 0. The van der Waals surface area contributed by atoms with Crippen LogP contribution in [0.15, 0.2) is 0 Å². The van der Waals surface area contributed by atoms with Crippen LogP contribution in [0.5, 0.6) is 0 Å². The molecule has 0 saturated carbocycles. The van der Waals surface area contributed by atoms with E-state index in [2.05, 4.69) is 0 Å². The molecule has 0 aromatic rings. The Morgan fingerprint density at radius 2 is 0.143 bits per heavy atom. The zero-order chi connectivity index (χ0) is 0. The van der Waals surface area contributed by atoms with Crippen LogP contribution < -0.4 is 0 Å². The Labute approximate surface area is 248 Å². The number of rotatable bonds is 0. The molecule has 0 atom stereocenters. The molecule has 0 aliphatic heterocycles. The van der Waals surface area contributed by atoms with Crippen molar-refractivity contribution in [2.45, 2.75) is 0 Å². The third-order valence-corrected chi connectivity index (χ3v) is 0. The summed E-state index contributed by atoms with van der Waals surface area (Å²) in [5.41, 5.74) is 0. The molecule has 0 aliphatic carbocycles. The molecule has 0 aromatic carbocycles. The third-order valence-electron chi connectivity index (χ3n) is 0. The molecule has 90 valence electrons. The van der Waals surface area contributed by atoms with Crippen LogP contribution in [0.3, 0.4) is 0 Å². The molecule has 0 fully saturated rings. The third kappa shape index (κ3) is 118. The van der Waals surface area contributed by atoms with Gasteiger partial charge in [-0.3, -0.25) is 0 Å². The average Bonchev–Trinajstić information content (AvgIpc) is 0. The van der Waals surface area contributed by atoms with Crippen LogP contribution in [-0.4, -0.2) is 0 Å². The van der Waals surface area contributed by atoms with E-state index in [4.69, 9.17) is 0 Å². The maximum Gasteiger partial charge on any atom is 0 e. The van der Waals surface area contributed by atoms with Gasteiger partial charge in [-0.05, 0) is 0 Å². The first kappa shape index (κ1) is 159. The van der Waals surface area contributed by atoms with E-state index < -0.39 is 0 Å². The van der Waals surface area contributed by atoms with Gasteiger partial charge in [0.25, 0.3) is 0 Å². The van der Waals surface area contributed by atoms with Gasteiger partial charge in [-0.15, -0.1) is 0 Å². The predicted molar refractivity (Wildman–Crippen MR) is 19.2 cm³/mol. The molecule has 0 amide bonds. The molecule has 0 rings (SSSR count). The average molecular weight is 2070 g/mol. The van der Waals surface area contributed by atoms with Crippen molar-refractivity contribution in [3.63, 3.8) is 0 Å². The van der Waals surface area contributed by atoms with Crippen LogP contribution >= 0.6 is 0 Å². The smallest absolute Gasteiger partial charge is 0 e. The van der Waals surface area contributed by atoms with Crippen molar-refractivity contribution in [1.82, 2.24) is 0 Å². The topological polar surface area (TPSA) is 0 Å². The van der Waals surface area contributed by atoms with Crippen molar-refractivity contribution in [2.24, 2.45) is 0 Å². The Hall–Kier alpha value is 7.57. The molecule has 0 nitrogen and oxygen atoms in total. The van der Waals surface area contributed by atoms with Gasteiger partial charge in [0.2, 0.25) is 0 Å². The molecule has 11 heteroatoms. The van der Waals surface area contributed by atoms with Gasteiger partial charge in [0, 0.05) is 232 Å². The molecule has 0 saturated heterocycles. The maximum absolute atomic E-state index is 0. The van der Waals surface area contributed by atoms with Gasteiger partial charge in [-0.1, -0.05) is 0 Å². The molecule has 0 aromatic heterocycles. The molecule has 0 bridgehead atoms. The van der Waals surface area contributed by atoms with Gasteiger partial charge in [-0.2, -0.15) is 0 Å². The van der Waals surface area contributed by atoms with Crippen molar-refractivity contribution in [2.75, 3.05) is 0 Å². The summed E-state index contributed by atoms with van der Waals surface area (Å²) >= 11 is 0. The fraction of sp³-hybridized carbons (Fsp3) is 0. The second-order valence-corrected chi connectivity index (χ2v) is 0. The second kappa shape index (κ2) is 137. The molecule has 0 unspecified atom stereocenters. The number of hydrogen-bond acceptors (Lipinski definition) is 0. The Morgan fingerprint density at radius 3 is 0.143 bits per heavy atom. The maximum atomic E-state index is 0. The first-order valence-corrected chi connectivity index (χ1v) is 0. The van der Waals surface area contributed by atoms with Crippen molar-refractivity contribution in [1.29, 1.82) is 0 Å². The fourth-order valence-corrected chi connectivity index (χ4v) is 0. The Bertz CT molecular complexity index is 10.5. The van der Waals surface area contributed by atoms with Crippen LogP contribution in [0.25, 0.3) is 0 Å². The van der Waals surface area contributed by atoms with Crippen LogP contribution in [0.4, 0.5) is 0 Å². The van der Waals surface area contributed by atoms with Gasteiger partial charge < -0.3 is 22.3 Å². The van der Waals surface area contributed by atoms with Gasteiger partial charge in [0.15, 0.2) is 0 Å². The molecule has 0 radical (unpaired) electrons. The summed E-state index contributed by atoms with van der Waals surface area (Å²) in [5.74, 6) is 0. The minimum absolute atomic E-state index is 0. The Balaban J connectivity index is 0. The first-order valence-electron chi connectivity index (χ1n) is 0. The van der Waals surface area contributed by atoms with Crippen LogP contribution in [-0.2, 0) is 232 Å². The van der Waals surface area contributed by atoms with Crippen molar-refractivity contribution >= 4 is 0 Å². The van der Waals surface area contributed by atoms with Crippen LogP contribution in [0.1, 0.15) is 0 Å². The summed E-state index contributed by atoms with van der Waals surface area (Å²) in [4.78, 5) is 0. The van der Waals surface area contributed by atoms with E-state index in [-0.39, 0.29) is 254 Å². The SMILES string of the molecule is [CH3-].[CH3-].[CH3-].[W].[W].[W].[W].[W].[W].[W].[W].[W].[W].[W]. The molecular formula is C3H9W11-3. The quantitative estimate of drug-likeness (QED) is 0.322. The summed E-state index contributed by atoms with van der Waals surface area (Å²) in [5, 5.41) is 0. The minimum Gasteiger partial charge on any atom is -0.358 e. The molecule has 0 N–H and O–H groups in total. The first-order chi connectivity index (χ1) is 0. The van der Waals surface area contributed by atoms with E-state index >= 15 is 0 Å². The molecule has 0 heterocycles. The van der Waals surface area contributed by atoms with Gasteiger partial charge in [-0.25, -0.2) is 0 Å². The molecular weight excluding hydrogens is 2060 g/mol. The molecule has 0 spiro atoms. The zero-order valence-electron chi connectivity index (χ0n) is 7.49. The molecule has 0 aliphatic rings. The summed E-state index contributed by atoms with van der Waals surface area (Å²) in [6, 6.07) is 0. The standard InChI is InChI=1S/3CH3.11W/h3*1H3;;;;;;;;;;;/q3*-1;;;;;;;;;;;. The van der Waals surface area contributed by atoms with Crippen molar-refractivity contribution in [3.05, 3.63) is 22.3 Å². The van der Waals surface area contributed by atoms with E-state index in [0.29, 0.717) is 0 Å². The van der Waals surface area contributed by atoms with Crippen LogP contribution in [0.2, 0.25) is 0 Å². The van der Waals surface area contributed by atoms with Gasteiger partial charge in [0.05, 0.1) is 0 Å². The van der Waals surface area contributed by atoms with Crippen molar-refractivity contribution < 1.29 is 232 Å². The van der Waals surface area contributed by atoms with E-state index in [9.17, 15) is 0 Å². The van der Waals surface area contributed by atoms with Gasteiger partial charge >= 0.3 is 0 Å². The summed E-state index contributed by atoms with van der Waals surface area (Å²) in [7, 11) is 0. The monoisotopic (exact) mass is 2070 g/mol. The van der Waals surface area contributed by atoms with Crippen LogP contribution in [0, 0.1) is 22.3 Å². The normalized spacial score (nSPS) is 0. The van der Waals surface area contributed by atoms with E-state index in [1.165, 1.54) is 0 Å². The largest absolute Gasteiger partial charge is 0.358 e. The summed E-state index contributed by atoms with van der Waals surface area (Å²) in [6.45, 7) is 0. The van der Waals surface area contributed by atoms with E-state index in [1.54, 1.807) is 0 Å². The second-order valence-electron chi connectivity index (χ2n) is 0. The zero-order valence-corrected chi connectivity index (χ0v) is 39.8. The van der Waals surface area contributed by atoms with Crippen molar-refractivity contribution in [3.8, 4) is 0 Å². The Morgan fingerprint density at radius 1 is 0.143 bits per heavy atom. The fourth-order valence-electron chi connectivity index (χ4n) is 0. The van der Waals surface area contributed by atoms with E-state index in [1.807, 2.05) is 0 Å². The predicted octanol–water partition coefficient (Wildman–Crippen LogP) is 1.32. The molecule has 14 heavy (non-hydrogen) atoms. The van der Waals surface area contributed by atoms with E-state index in [0.717, 1.165) is 0 Å². The summed E-state index contributed by atoms with van der Waals surface area (Å²) < 4.78 is 0. The minimum atomic E-state index is 0.